The number of benzene rings is 1. The van der Waals surface area contributed by atoms with Crippen molar-refractivity contribution in [1.82, 2.24) is 15.2 Å². The summed E-state index contributed by atoms with van der Waals surface area (Å²) in [4.78, 5) is 30.4. The monoisotopic (exact) mass is 421 g/mol. The Labute approximate surface area is 171 Å². The highest BCUT2D eigenvalue weighted by atomic mass is 32.2. The number of nitrogens with one attached hydrogen (secondary N) is 1. The van der Waals surface area contributed by atoms with Crippen molar-refractivity contribution in [2.75, 3.05) is 19.3 Å². The molecule has 0 spiro atoms. The Morgan fingerprint density at radius 1 is 1.24 bits per heavy atom. The van der Waals surface area contributed by atoms with E-state index in [0.717, 1.165) is 17.2 Å². The van der Waals surface area contributed by atoms with Crippen LogP contribution in [-0.4, -0.2) is 47.1 Å². The van der Waals surface area contributed by atoms with Gasteiger partial charge < -0.3 is 15.0 Å². The van der Waals surface area contributed by atoms with Gasteiger partial charge in [0.1, 0.15) is 11.4 Å². The zero-order valence-electron chi connectivity index (χ0n) is 16.1. The van der Waals surface area contributed by atoms with Crippen LogP contribution in [0.2, 0.25) is 0 Å². The highest BCUT2D eigenvalue weighted by Crippen LogP contribution is 2.29. The highest BCUT2D eigenvalue weighted by Gasteiger charge is 2.24. The van der Waals surface area contributed by atoms with Crippen LogP contribution in [-0.2, 0) is 4.79 Å². The molecule has 0 atom stereocenters. The number of halogens is 2. The average Bonchev–Trinajstić information content (AvgIpc) is 2.71. The lowest BCUT2D eigenvalue weighted by Gasteiger charge is -2.31. The Kier molecular flexibility index (Phi) is 6.68. The molecule has 1 saturated heterocycles. The molecule has 3 rings (SSSR count). The summed E-state index contributed by atoms with van der Waals surface area (Å²) in [5.41, 5.74) is -0.118. The molecule has 2 aromatic rings. The van der Waals surface area contributed by atoms with E-state index >= 15 is 0 Å². The van der Waals surface area contributed by atoms with Crippen LogP contribution in [0.5, 0.6) is 11.6 Å². The summed E-state index contributed by atoms with van der Waals surface area (Å²) in [5.74, 6) is -2.16. The van der Waals surface area contributed by atoms with Gasteiger partial charge in [0.2, 0.25) is 11.8 Å². The van der Waals surface area contributed by atoms with Crippen LogP contribution < -0.4 is 10.1 Å². The minimum absolute atomic E-state index is 0.00527. The number of carbonyl (C=O) groups is 2. The van der Waals surface area contributed by atoms with Gasteiger partial charge in [0.25, 0.3) is 5.91 Å². The van der Waals surface area contributed by atoms with Crippen molar-refractivity contribution in [2.45, 2.75) is 30.7 Å². The number of thioether (sulfide) groups is 1. The zero-order chi connectivity index (χ0) is 21.0. The first-order chi connectivity index (χ1) is 13.9. The number of carbonyl (C=O) groups excluding carboxylic acids is 2. The van der Waals surface area contributed by atoms with Crippen LogP contribution in [0.3, 0.4) is 0 Å². The molecule has 2 amide bonds. The minimum Gasteiger partial charge on any atom is -0.435 e. The van der Waals surface area contributed by atoms with E-state index in [2.05, 4.69) is 10.3 Å². The van der Waals surface area contributed by atoms with E-state index in [1.54, 1.807) is 11.0 Å². The van der Waals surface area contributed by atoms with Crippen LogP contribution in [0.4, 0.5) is 8.78 Å². The second-order valence-electron chi connectivity index (χ2n) is 6.66. The molecule has 0 radical (unpaired) electrons. The van der Waals surface area contributed by atoms with E-state index in [4.69, 9.17) is 4.74 Å². The number of pyridine rings is 1. The van der Waals surface area contributed by atoms with E-state index in [-0.39, 0.29) is 29.1 Å². The van der Waals surface area contributed by atoms with Crippen molar-refractivity contribution in [3.05, 3.63) is 47.7 Å². The van der Waals surface area contributed by atoms with E-state index in [1.807, 2.05) is 6.26 Å². The highest BCUT2D eigenvalue weighted by molar-refractivity contribution is 7.98. The Balaban J connectivity index is 1.75. The Morgan fingerprint density at radius 3 is 2.59 bits per heavy atom. The third-order valence-corrected chi connectivity index (χ3v) is 5.41. The molecule has 9 heteroatoms. The van der Waals surface area contributed by atoms with Gasteiger partial charge in [0, 0.05) is 31.0 Å². The summed E-state index contributed by atoms with van der Waals surface area (Å²) in [7, 11) is 0. The van der Waals surface area contributed by atoms with Crippen molar-refractivity contribution in [3.8, 4) is 11.6 Å². The van der Waals surface area contributed by atoms with E-state index in [1.165, 1.54) is 30.8 Å². The molecule has 0 bridgehead atoms. The van der Waals surface area contributed by atoms with Crippen molar-refractivity contribution in [3.63, 3.8) is 0 Å². The van der Waals surface area contributed by atoms with Crippen LogP contribution in [0.25, 0.3) is 0 Å². The van der Waals surface area contributed by atoms with Crippen LogP contribution >= 0.6 is 11.8 Å². The van der Waals surface area contributed by atoms with Gasteiger partial charge in [-0.25, -0.2) is 13.8 Å². The van der Waals surface area contributed by atoms with Gasteiger partial charge in [-0.2, -0.15) is 0 Å². The van der Waals surface area contributed by atoms with Gasteiger partial charge in [-0.15, -0.1) is 11.8 Å². The maximum Gasteiger partial charge on any atom is 0.257 e. The Morgan fingerprint density at radius 2 is 1.97 bits per heavy atom. The van der Waals surface area contributed by atoms with E-state index in [9.17, 15) is 18.4 Å². The SMILES string of the molecule is CSc1ccc(Oc2ncc(F)cc2C(=O)NC2CCN(C(C)=O)CC2)c(F)c1. The predicted molar refractivity (Wildman–Crippen MR) is 105 cm³/mol. The molecule has 0 aliphatic carbocycles. The summed E-state index contributed by atoms with van der Waals surface area (Å²) < 4.78 is 33.4. The van der Waals surface area contributed by atoms with Gasteiger partial charge in [0.05, 0.1) is 6.20 Å². The summed E-state index contributed by atoms with van der Waals surface area (Å²) >= 11 is 1.38. The number of hydrogen-bond donors (Lipinski definition) is 1. The molecule has 29 heavy (non-hydrogen) atoms. The summed E-state index contributed by atoms with van der Waals surface area (Å²) in [6.45, 7) is 2.59. The van der Waals surface area contributed by atoms with Gasteiger partial charge in [-0.05, 0) is 43.4 Å². The number of rotatable bonds is 5. The first kappa shape index (κ1) is 21.0. The average molecular weight is 421 g/mol. The third-order valence-electron chi connectivity index (χ3n) is 4.68. The Hall–Kier alpha value is -2.68. The molecule has 0 saturated carbocycles. The van der Waals surface area contributed by atoms with Crippen molar-refractivity contribution in [1.29, 1.82) is 0 Å². The van der Waals surface area contributed by atoms with Crippen LogP contribution in [0.1, 0.15) is 30.1 Å². The molecule has 0 unspecified atom stereocenters. The quantitative estimate of drug-likeness (QED) is 0.747. The van der Waals surface area contributed by atoms with Gasteiger partial charge in [-0.3, -0.25) is 9.59 Å². The lowest BCUT2D eigenvalue weighted by molar-refractivity contribution is -0.129. The van der Waals surface area contributed by atoms with Gasteiger partial charge in [0.15, 0.2) is 11.6 Å². The maximum absolute atomic E-state index is 14.2. The fourth-order valence-corrected chi connectivity index (χ4v) is 3.49. The molecular weight excluding hydrogens is 400 g/mol. The number of likely N-dealkylation sites (tertiary alicyclic amines) is 1. The molecule has 1 aliphatic heterocycles. The van der Waals surface area contributed by atoms with Gasteiger partial charge in [-0.1, -0.05) is 0 Å². The van der Waals surface area contributed by atoms with Crippen LogP contribution in [0, 0.1) is 11.6 Å². The molecule has 6 nitrogen and oxygen atoms in total. The number of piperidine rings is 1. The topological polar surface area (TPSA) is 71.5 Å². The fourth-order valence-electron chi connectivity index (χ4n) is 3.07. The van der Waals surface area contributed by atoms with E-state index in [0.29, 0.717) is 25.9 Å². The largest absolute Gasteiger partial charge is 0.435 e. The third kappa shape index (κ3) is 5.23. The molecule has 154 valence electrons. The van der Waals surface area contributed by atoms with Gasteiger partial charge >= 0.3 is 0 Å². The molecule has 1 aromatic heterocycles. The summed E-state index contributed by atoms with van der Waals surface area (Å²) in [6, 6.07) is 5.27. The number of ether oxygens (including phenoxy) is 1. The maximum atomic E-state index is 14.2. The summed E-state index contributed by atoms with van der Waals surface area (Å²) in [6.07, 6.45) is 3.91. The summed E-state index contributed by atoms with van der Waals surface area (Å²) in [5, 5.41) is 2.82. The number of aromatic nitrogens is 1. The number of hydrogen-bond acceptors (Lipinski definition) is 5. The second kappa shape index (κ2) is 9.21. The smallest absolute Gasteiger partial charge is 0.257 e. The first-order valence-electron chi connectivity index (χ1n) is 9.10. The molecule has 1 fully saturated rings. The lowest BCUT2D eigenvalue weighted by Crippen LogP contribution is -2.46. The normalized spacial score (nSPS) is 14.6. The van der Waals surface area contributed by atoms with Crippen LogP contribution in [0.15, 0.2) is 35.4 Å². The first-order valence-corrected chi connectivity index (χ1v) is 10.3. The van der Waals surface area contributed by atoms with Crippen molar-refractivity contribution >= 4 is 23.6 Å². The Bertz CT molecular complexity index is 918. The fraction of sp³-hybridized carbons (Fsp3) is 0.350. The number of nitrogens with zero attached hydrogens (tertiary/aromatic N) is 2. The second-order valence-corrected chi connectivity index (χ2v) is 7.54. The zero-order valence-corrected chi connectivity index (χ0v) is 16.9. The molecule has 1 aliphatic rings. The van der Waals surface area contributed by atoms with Crippen molar-refractivity contribution < 1.29 is 23.1 Å². The van der Waals surface area contributed by atoms with Crippen molar-refractivity contribution in [2.24, 2.45) is 0 Å². The lowest BCUT2D eigenvalue weighted by atomic mass is 10.0. The molecular formula is C20H21F2N3O3S. The number of amides is 2. The van der Waals surface area contributed by atoms with E-state index < -0.39 is 17.5 Å². The molecule has 1 aromatic carbocycles. The minimum atomic E-state index is -0.702. The standard InChI is InChI=1S/C20H21F2N3O3S/c1-12(26)25-7-5-14(6-8-25)24-19(27)16-9-13(21)11-23-20(16)28-18-4-3-15(29-2)10-17(18)22/h3-4,9-11,14H,5-8H2,1-2H3,(H,24,27). The molecule has 2 heterocycles. The predicted octanol–water partition coefficient (Wildman–Crippen LogP) is 3.61. The molecule has 1 N–H and O–H groups in total.